The number of halogens is 1. The molecule has 0 saturated carbocycles. The van der Waals surface area contributed by atoms with Gasteiger partial charge in [-0.25, -0.2) is 14.1 Å². The largest absolute Gasteiger partial charge is 0.319 e. The van der Waals surface area contributed by atoms with Gasteiger partial charge in [-0.05, 0) is 30.3 Å². The molecule has 5 nitrogen and oxygen atoms in total. The number of nitrogens with one attached hydrogen (secondary N) is 1. The molecule has 2 heterocycles. The summed E-state index contributed by atoms with van der Waals surface area (Å²) in [6, 6.07) is 10.9. The van der Waals surface area contributed by atoms with E-state index in [-0.39, 0.29) is 5.56 Å². The quantitative estimate of drug-likeness (QED) is 0.803. The predicted octanol–water partition coefficient (Wildman–Crippen LogP) is 2.66. The molecule has 0 aliphatic carbocycles. The molecule has 0 aliphatic rings. The van der Waals surface area contributed by atoms with Crippen LogP contribution in [0.1, 0.15) is 10.4 Å². The van der Waals surface area contributed by atoms with Crippen molar-refractivity contribution in [2.24, 2.45) is 0 Å². The summed E-state index contributed by atoms with van der Waals surface area (Å²) < 4.78 is 15.1. The molecule has 104 valence electrons. The average Bonchev–Trinajstić information content (AvgIpc) is 3.02. The number of benzene rings is 1. The standard InChI is InChI=1S/C15H11FN4O/c16-12-6-2-1-5-11(12)15(21)19-13-7-3-8-17-14(13)20-10-4-9-18-20/h1-10H,(H,19,21). The third-order valence-electron chi connectivity index (χ3n) is 2.87. The highest BCUT2D eigenvalue weighted by atomic mass is 19.1. The second kappa shape index (κ2) is 5.54. The Balaban J connectivity index is 1.93. The van der Waals surface area contributed by atoms with Gasteiger partial charge in [0.2, 0.25) is 0 Å². The highest BCUT2D eigenvalue weighted by Crippen LogP contribution is 2.18. The van der Waals surface area contributed by atoms with E-state index < -0.39 is 11.7 Å². The van der Waals surface area contributed by atoms with Gasteiger partial charge in [0.1, 0.15) is 5.82 Å². The molecule has 21 heavy (non-hydrogen) atoms. The first-order valence-corrected chi connectivity index (χ1v) is 6.26. The van der Waals surface area contributed by atoms with Crippen molar-refractivity contribution in [3.8, 4) is 5.82 Å². The van der Waals surface area contributed by atoms with Gasteiger partial charge in [0, 0.05) is 18.6 Å². The van der Waals surface area contributed by atoms with Gasteiger partial charge in [-0.15, -0.1) is 0 Å². The fourth-order valence-electron chi connectivity index (χ4n) is 1.91. The minimum atomic E-state index is -0.570. The summed E-state index contributed by atoms with van der Waals surface area (Å²) in [4.78, 5) is 16.3. The van der Waals surface area contributed by atoms with E-state index in [1.165, 1.54) is 22.9 Å². The van der Waals surface area contributed by atoms with Crippen molar-refractivity contribution in [3.05, 3.63) is 72.4 Å². The number of carbonyl (C=O) groups excluding carboxylic acids is 1. The maximum Gasteiger partial charge on any atom is 0.258 e. The molecule has 0 radical (unpaired) electrons. The van der Waals surface area contributed by atoms with Gasteiger partial charge in [-0.2, -0.15) is 5.10 Å². The molecule has 1 N–H and O–H groups in total. The number of anilines is 1. The zero-order valence-corrected chi connectivity index (χ0v) is 10.9. The summed E-state index contributed by atoms with van der Waals surface area (Å²) in [5.74, 6) is -0.638. The Hall–Kier alpha value is -3.02. The van der Waals surface area contributed by atoms with Crippen molar-refractivity contribution in [3.63, 3.8) is 0 Å². The fraction of sp³-hybridized carbons (Fsp3) is 0. The predicted molar refractivity (Wildman–Crippen MR) is 75.7 cm³/mol. The van der Waals surface area contributed by atoms with Gasteiger partial charge in [-0.3, -0.25) is 4.79 Å². The van der Waals surface area contributed by atoms with Gasteiger partial charge in [-0.1, -0.05) is 12.1 Å². The van der Waals surface area contributed by atoms with E-state index in [0.717, 1.165) is 0 Å². The van der Waals surface area contributed by atoms with Crippen molar-refractivity contribution in [1.82, 2.24) is 14.8 Å². The van der Waals surface area contributed by atoms with Crippen molar-refractivity contribution < 1.29 is 9.18 Å². The first kappa shape index (κ1) is 13.0. The van der Waals surface area contributed by atoms with Gasteiger partial charge in [0.05, 0.1) is 11.3 Å². The molecule has 3 aromatic rings. The van der Waals surface area contributed by atoms with E-state index in [1.807, 2.05) is 0 Å². The Labute approximate surface area is 120 Å². The van der Waals surface area contributed by atoms with Crippen molar-refractivity contribution in [1.29, 1.82) is 0 Å². The zero-order chi connectivity index (χ0) is 14.7. The minimum absolute atomic E-state index is 0.0206. The summed E-state index contributed by atoms with van der Waals surface area (Å²) in [6.45, 7) is 0. The topological polar surface area (TPSA) is 59.8 Å². The molecule has 1 amide bonds. The van der Waals surface area contributed by atoms with Crippen LogP contribution in [0, 0.1) is 5.82 Å². The van der Waals surface area contributed by atoms with E-state index >= 15 is 0 Å². The molecule has 0 fully saturated rings. The van der Waals surface area contributed by atoms with Gasteiger partial charge < -0.3 is 5.32 Å². The minimum Gasteiger partial charge on any atom is -0.319 e. The summed E-state index contributed by atoms with van der Waals surface area (Å²) >= 11 is 0. The second-order valence-electron chi connectivity index (χ2n) is 4.26. The fourth-order valence-corrected chi connectivity index (χ4v) is 1.91. The van der Waals surface area contributed by atoms with Gasteiger partial charge >= 0.3 is 0 Å². The Morgan fingerprint density at radius 1 is 1.10 bits per heavy atom. The Kier molecular flexibility index (Phi) is 3.42. The van der Waals surface area contributed by atoms with Crippen molar-refractivity contribution in [2.75, 3.05) is 5.32 Å². The number of hydrogen-bond acceptors (Lipinski definition) is 3. The van der Waals surface area contributed by atoms with Gasteiger partial charge in [0.25, 0.3) is 5.91 Å². The lowest BCUT2D eigenvalue weighted by atomic mass is 10.2. The van der Waals surface area contributed by atoms with Crippen LogP contribution in [0.15, 0.2) is 61.1 Å². The molecule has 1 aromatic carbocycles. The molecule has 3 rings (SSSR count). The van der Waals surface area contributed by atoms with Crippen LogP contribution in [0.3, 0.4) is 0 Å². The molecule has 0 unspecified atom stereocenters. The van der Waals surface area contributed by atoms with Crippen molar-refractivity contribution in [2.45, 2.75) is 0 Å². The lowest BCUT2D eigenvalue weighted by Crippen LogP contribution is -2.16. The van der Waals surface area contributed by atoms with Gasteiger partial charge in [0.15, 0.2) is 5.82 Å². The highest BCUT2D eigenvalue weighted by Gasteiger charge is 2.14. The van der Waals surface area contributed by atoms with E-state index in [9.17, 15) is 9.18 Å². The maximum atomic E-state index is 13.6. The molecular weight excluding hydrogens is 271 g/mol. The van der Waals surface area contributed by atoms with Crippen LogP contribution >= 0.6 is 0 Å². The van der Waals surface area contributed by atoms with Crippen LogP contribution in [-0.2, 0) is 0 Å². The molecule has 6 heteroatoms. The van der Waals surface area contributed by atoms with Crippen LogP contribution in [0.2, 0.25) is 0 Å². The first-order chi connectivity index (χ1) is 10.3. The number of aromatic nitrogens is 3. The summed E-state index contributed by atoms with van der Waals surface area (Å²) in [6.07, 6.45) is 4.91. The normalized spacial score (nSPS) is 10.3. The number of rotatable bonds is 3. The highest BCUT2D eigenvalue weighted by molar-refractivity contribution is 6.05. The third kappa shape index (κ3) is 2.64. The van der Waals surface area contributed by atoms with E-state index in [0.29, 0.717) is 11.5 Å². The molecule has 2 aromatic heterocycles. The number of nitrogens with zero attached hydrogens (tertiary/aromatic N) is 3. The van der Waals surface area contributed by atoms with E-state index in [2.05, 4.69) is 15.4 Å². The monoisotopic (exact) mass is 282 g/mol. The smallest absolute Gasteiger partial charge is 0.258 e. The first-order valence-electron chi connectivity index (χ1n) is 6.26. The molecule has 0 bridgehead atoms. The van der Waals surface area contributed by atoms with Crippen molar-refractivity contribution >= 4 is 11.6 Å². The summed E-state index contributed by atoms with van der Waals surface area (Å²) in [7, 11) is 0. The zero-order valence-electron chi connectivity index (χ0n) is 10.9. The van der Waals surface area contributed by atoms with Crippen LogP contribution in [0.4, 0.5) is 10.1 Å². The number of hydrogen-bond donors (Lipinski definition) is 1. The molecule has 0 spiro atoms. The summed E-state index contributed by atoms with van der Waals surface area (Å²) in [5.41, 5.74) is 0.433. The molecule has 0 saturated heterocycles. The average molecular weight is 282 g/mol. The second-order valence-corrected chi connectivity index (χ2v) is 4.26. The van der Waals surface area contributed by atoms with Crippen LogP contribution in [0.25, 0.3) is 5.82 Å². The van der Waals surface area contributed by atoms with Crippen LogP contribution in [-0.4, -0.2) is 20.7 Å². The number of amides is 1. The molecular formula is C15H11FN4O. The lowest BCUT2D eigenvalue weighted by Gasteiger charge is -2.10. The molecule has 0 aliphatic heterocycles. The third-order valence-corrected chi connectivity index (χ3v) is 2.87. The maximum absolute atomic E-state index is 13.6. The molecule has 0 atom stereocenters. The van der Waals surface area contributed by atoms with E-state index in [1.54, 1.807) is 42.9 Å². The summed E-state index contributed by atoms with van der Waals surface area (Å²) in [5, 5.41) is 6.73. The number of pyridine rings is 1. The number of carbonyl (C=O) groups is 1. The van der Waals surface area contributed by atoms with E-state index in [4.69, 9.17) is 0 Å². The van der Waals surface area contributed by atoms with Crippen LogP contribution in [0.5, 0.6) is 0 Å². The Morgan fingerprint density at radius 2 is 1.95 bits per heavy atom. The SMILES string of the molecule is O=C(Nc1cccnc1-n1cccn1)c1ccccc1F. The Morgan fingerprint density at radius 3 is 2.71 bits per heavy atom. The Bertz CT molecular complexity index is 771. The lowest BCUT2D eigenvalue weighted by molar-refractivity contribution is 0.102. The van der Waals surface area contributed by atoms with Crippen LogP contribution < -0.4 is 5.32 Å².